The second-order valence-corrected chi connectivity index (χ2v) is 8.56. The lowest BCUT2D eigenvalue weighted by atomic mass is 9.85. The monoisotopic (exact) mass is 413 g/mol. The Bertz CT molecular complexity index is 815. The van der Waals surface area contributed by atoms with Crippen molar-refractivity contribution in [1.82, 2.24) is 15.1 Å². The van der Waals surface area contributed by atoms with Crippen molar-refractivity contribution in [2.75, 3.05) is 39.4 Å². The largest absolute Gasteiger partial charge is 0.468 e. The molecule has 5 rings (SSSR count). The van der Waals surface area contributed by atoms with Crippen LogP contribution in [-0.2, 0) is 19.1 Å². The van der Waals surface area contributed by atoms with Crippen LogP contribution >= 0.6 is 0 Å². The van der Waals surface area contributed by atoms with E-state index in [2.05, 4.69) is 22.4 Å². The van der Waals surface area contributed by atoms with E-state index in [9.17, 15) is 14.4 Å². The summed E-state index contributed by atoms with van der Waals surface area (Å²) in [7, 11) is 0. The van der Waals surface area contributed by atoms with Crippen LogP contribution in [0.1, 0.15) is 24.6 Å². The van der Waals surface area contributed by atoms with Crippen molar-refractivity contribution in [3.63, 3.8) is 0 Å². The van der Waals surface area contributed by atoms with Crippen molar-refractivity contribution >= 4 is 17.7 Å². The zero-order valence-corrected chi connectivity index (χ0v) is 16.9. The summed E-state index contributed by atoms with van der Waals surface area (Å²) in [4.78, 5) is 41.5. The van der Waals surface area contributed by atoms with Crippen LogP contribution in [0.15, 0.2) is 35.0 Å². The summed E-state index contributed by atoms with van der Waals surface area (Å²) in [5.74, 6) is 0.403. The van der Waals surface area contributed by atoms with Crippen LogP contribution in [0.3, 0.4) is 0 Å². The molecule has 1 saturated carbocycles. The molecule has 1 N–H and O–H groups in total. The van der Waals surface area contributed by atoms with Gasteiger partial charge in [-0.3, -0.25) is 24.2 Å². The van der Waals surface area contributed by atoms with Crippen molar-refractivity contribution in [2.24, 2.45) is 23.7 Å². The minimum Gasteiger partial charge on any atom is -0.468 e. The number of nitrogens with zero attached hydrogens (tertiary/aromatic N) is 2. The van der Waals surface area contributed by atoms with E-state index >= 15 is 0 Å². The molecular formula is C22H27N3O5. The Hall–Kier alpha value is -2.45. The molecule has 1 aromatic rings. The SMILES string of the molecule is O=C(CCN1C(=O)C2C3C=CC(C3)C2C1=O)NCC(c1ccco1)N1CCOCC1. The Balaban J connectivity index is 1.15. The second-order valence-electron chi connectivity index (χ2n) is 8.56. The third kappa shape index (κ3) is 3.37. The summed E-state index contributed by atoms with van der Waals surface area (Å²) in [6.45, 7) is 3.42. The van der Waals surface area contributed by atoms with E-state index in [1.807, 2.05) is 12.1 Å². The Morgan fingerprint density at radius 2 is 1.83 bits per heavy atom. The lowest BCUT2D eigenvalue weighted by Gasteiger charge is -2.33. The van der Waals surface area contributed by atoms with Gasteiger partial charge in [0, 0.05) is 32.6 Å². The maximum absolute atomic E-state index is 12.7. The topological polar surface area (TPSA) is 92.1 Å². The highest BCUT2D eigenvalue weighted by molar-refractivity contribution is 6.06. The first-order valence-corrected chi connectivity index (χ1v) is 10.8. The quantitative estimate of drug-likeness (QED) is 0.529. The van der Waals surface area contributed by atoms with Gasteiger partial charge in [0.1, 0.15) is 5.76 Å². The molecule has 2 bridgehead atoms. The maximum atomic E-state index is 12.7. The van der Waals surface area contributed by atoms with Gasteiger partial charge < -0.3 is 14.5 Å². The molecule has 1 aromatic heterocycles. The fraction of sp³-hybridized carbons (Fsp3) is 0.591. The molecule has 3 amide bonds. The first-order chi connectivity index (χ1) is 14.6. The molecule has 0 aromatic carbocycles. The van der Waals surface area contributed by atoms with E-state index < -0.39 is 0 Å². The summed E-state index contributed by atoms with van der Waals surface area (Å²) in [5.41, 5.74) is 0. The number of imide groups is 1. The van der Waals surface area contributed by atoms with E-state index in [1.54, 1.807) is 6.26 Å². The second kappa shape index (κ2) is 8.00. The molecule has 4 aliphatic rings. The normalized spacial score (nSPS) is 31.4. The molecule has 5 atom stereocenters. The smallest absolute Gasteiger partial charge is 0.233 e. The van der Waals surface area contributed by atoms with Crippen LogP contribution in [0.5, 0.6) is 0 Å². The van der Waals surface area contributed by atoms with Gasteiger partial charge in [-0.05, 0) is 30.4 Å². The van der Waals surface area contributed by atoms with Crippen LogP contribution in [0, 0.1) is 23.7 Å². The zero-order chi connectivity index (χ0) is 20.7. The molecule has 30 heavy (non-hydrogen) atoms. The number of allylic oxidation sites excluding steroid dienone is 2. The fourth-order valence-corrected chi connectivity index (χ4v) is 5.48. The molecule has 3 fully saturated rings. The van der Waals surface area contributed by atoms with Crippen molar-refractivity contribution in [3.8, 4) is 0 Å². The van der Waals surface area contributed by atoms with Crippen LogP contribution in [-0.4, -0.2) is 66.9 Å². The van der Waals surface area contributed by atoms with Gasteiger partial charge in [0.25, 0.3) is 0 Å². The van der Waals surface area contributed by atoms with Gasteiger partial charge in [0.05, 0.1) is 37.4 Å². The first kappa shape index (κ1) is 19.5. The van der Waals surface area contributed by atoms with Gasteiger partial charge in [-0.25, -0.2) is 0 Å². The van der Waals surface area contributed by atoms with E-state index in [0.29, 0.717) is 19.8 Å². The maximum Gasteiger partial charge on any atom is 0.233 e. The van der Waals surface area contributed by atoms with Crippen LogP contribution in [0.2, 0.25) is 0 Å². The number of carbonyl (C=O) groups is 3. The van der Waals surface area contributed by atoms with Gasteiger partial charge in [0.15, 0.2) is 0 Å². The summed E-state index contributed by atoms with van der Waals surface area (Å²) < 4.78 is 11.0. The molecule has 3 heterocycles. The summed E-state index contributed by atoms with van der Waals surface area (Å²) >= 11 is 0. The highest BCUT2D eigenvalue weighted by Crippen LogP contribution is 2.52. The average molecular weight is 413 g/mol. The molecule has 5 unspecified atom stereocenters. The van der Waals surface area contributed by atoms with Crippen molar-refractivity contribution < 1.29 is 23.5 Å². The number of nitrogens with one attached hydrogen (secondary N) is 1. The van der Waals surface area contributed by atoms with Gasteiger partial charge in [-0.2, -0.15) is 0 Å². The molecule has 8 nitrogen and oxygen atoms in total. The number of carbonyl (C=O) groups excluding carboxylic acids is 3. The average Bonchev–Trinajstić information content (AvgIpc) is 3.54. The van der Waals surface area contributed by atoms with Crippen molar-refractivity contribution in [2.45, 2.75) is 18.9 Å². The summed E-state index contributed by atoms with van der Waals surface area (Å²) in [5, 5.41) is 2.96. The number of furan rings is 1. The number of hydrogen-bond donors (Lipinski definition) is 1. The van der Waals surface area contributed by atoms with Crippen molar-refractivity contribution in [3.05, 3.63) is 36.3 Å². The van der Waals surface area contributed by atoms with E-state index in [-0.39, 0.29) is 60.4 Å². The number of hydrogen-bond acceptors (Lipinski definition) is 6. The number of rotatable bonds is 7. The minimum atomic E-state index is -0.208. The van der Waals surface area contributed by atoms with Crippen LogP contribution in [0.4, 0.5) is 0 Å². The molecule has 2 aliphatic heterocycles. The molecule has 0 spiro atoms. The predicted octanol–water partition coefficient (Wildman–Crippen LogP) is 0.966. The van der Waals surface area contributed by atoms with Gasteiger partial charge in [-0.1, -0.05) is 12.2 Å². The lowest BCUT2D eigenvalue weighted by molar-refractivity contribution is -0.141. The van der Waals surface area contributed by atoms with E-state index in [1.165, 1.54) is 4.90 Å². The van der Waals surface area contributed by atoms with E-state index in [0.717, 1.165) is 25.3 Å². The van der Waals surface area contributed by atoms with Gasteiger partial charge >= 0.3 is 0 Å². The van der Waals surface area contributed by atoms with Gasteiger partial charge in [-0.15, -0.1) is 0 Å². The summed E-state index contributed by atoms with van der Waals surface area (Å²) in [6, 6.07) is 3.69. The Morgan fingerprint density at radius 1 is 1.13 bits per heavy atom. The number of ether oxygens (including phenoxy) is 1. The minimum absolute atomic E-state index is 0.0658. The summed E-state index contributed by atoms with van der Waals surface area (Å²) in [6.07, 6.45) is 6.82. The number of likely N-dealkylation sites (tertiary alicyclic amines) is 1. The van der Waals surface area contributed by atoms with Crippen LogP contribution < -0.4 is 5.32 Å². The standard InChI is InChI=1S/C22H27N3O5/c26-18(23-13-16(17-2-1-9-30-17)24-7-10-29-11-8-24)5-6-25-21(27)19-14-3-4-15(12-14)20(19)22(25)28/h1-4,9,14-16,19-20H,5-8,10-13H2,(H,23,26). The number of amides is 3. The molecule has 160 valence electrons. The van der Waals surface area contributed by atoms with Gasteiger partial charge in [0.2, 0.25) is 17.7 Å². The van der Waals surface area contributed by atoms with E-state index in [4.69, 9.17) is 9.15 Å². The molecule has 2 aliphatic carbocycles. The number of morpholine rings is 1. The first-order valence-electron chi connectivity index (χ1n) is 10.8. The zero-order valence-electron chi connectivity index (χ0n) is 16.9. The molecule has 8 heteroatoms. The third-order valence-electron chi connectivity index (χ3n) is 6.97. The Kier molecular flexibility index (Phi) is 5.20. The highest BCUT2D eigenvalue weighted by atomic mass is 16.5. The highest BCUT2D eigenvalue weighted by Gasteiger charge is 2.59. The fourth-order valence-electron chi connectivity index (χ4n) is 5.48. The Labute approximate surface area is 175 Å². The lowest BCUT2D eigenvalue weighted by Crippen LogP contribution is -2.44. The Morgan fingerprint density at radius 3 is 2.47 bits per heavy atom. The predicted molar refractivity (Wildman–Crippen MR) is 106 cm³/mol. The number of fused-ring (bicyclic) bond motifs is 5. The molecule has 2 saturated heterocycles. The third-order valence-corrected chi connectivity index (χ3v) is 6.97. The van der Waals surface area contributed by atoms with Crippen LogP contribution in [0.25, 0.3) is 0 Å². The molecular weight excluding hydrogens is 386 g/mol. The molecule has 0 radical (unpaired) electrons. The van der Waals surface area contributed by atoms with Crippen molar-refractivity contribution in [1.29, 1.82) is 0 Å².